The van der Waals surface area contributed by atoms with Gasteiger partial charge >= 0.3 is 5.97 Å². The molecular weight excluding hydrogens is 428 g/mol. The van der Waals surface area contributed by atoms with E-state index in [1.165, 1.54) is 18.7 Å². The predicted octanol–water partition coefficient (Wildman–Crippen LogP) is -2.37. The number of rotatable bonds is 16. The highest BCUT2D eigenvalue weighted by atomic mass is 32.2. The van der Waals surface area contributed by atoms with Gasteiger partial charge in [-0.1, -0.05) is 0 Å². The molecule has 0 aliphatic carbocycles. The number of amides is 4. The molecule has 0 aromatic heterocycles. The normalized spacial score (nSPS) is 14.6. The van der Waals surface area contributed by atoms with E-state index >= 15 is 0 Å². The monoisotopic (exact) mass is 462 g/mol. The standard InChI is InChI=1S/C18H34N6O6S/c1-10(15(26)24-13(18(29)30)6-8-31-2)22-17(28)12(5-3-4-7-19)23-16(27)11(20)9-14(21)25/h10-13H,3-9,19-20H2,1-2H3,(H2,21,25)(H,22,28)(H,23,27)(H,24,26)(H,29,30). The first kappa shape index (κ1) is 28.6. The zero-order valence-corrected chi connectivity index (χ0v) is 18.7. The first-order valence-corrected chi connectivity index (χ1v) is 11.3. The fourth-order valence-corrected chi connectivity index (χ4v) is 2.99. The molecule has 0 aliphatic rings. The zero-order chi connectivity index (χ0) is 24.0. The smallest absolute Gasteiger partial charge is 0.326 e. The van der Waals surface area contributed by atoms with Gasteiger partial charge in [-0.3, -0.25) is 19.2 Å². The topological polar surface area (TPSA) is 220 Å². The first-order chi connectivity index (χ1) is 14.5. The van der Waals surface area contributed by atoms with Crippen LogP contribution in [0.15, 0.2) is 0 Å². The molecule has 0 aliphatic heterocycles. The van der Waals surface area contributed by atoms with Crippen LogP contribution in [0.5, 0.6) is 0 Å². The number of hydrogen-bond acceptors (Lipinski definition) is 8. The van der Waals surface area contributed by atoms with Crippen LogP contribution >= 0.6 is 11.8 Å². The lowest BCUT2D eigenvalue weighted by atomic mass is 10.1. The van der Waals surface area contributed by atoms with Crippen molar-refractivity contribution in [3.63, 3.8) is 0 Å². The predicted molar refractivity (Wildman–Crippen MR) is 117 cm³/mol. The molecule has 0 saturated carbocycles. The molecule has 10 N–H and O–H groups in total. The van der Waals surface area contributed by atoms with E-state index in [4.69, 9.17) is 17.2 Å². The summed E-state index contributed by atoms with van der Waals surface area (Å²) in [4.78, 5) is 59.4. The maximum Gasteiger partial charge on any atom is 0.326 e. The van der Waals surface area contributed by atoms with Gasteiger partial charge in [0.05, 0.1) is 12.5 Å². The number of nitrogens with two attached hydrogens (primary N) is 3. The van der Waals surface area contributed by atoms with E-state index in [9.17, 15) is 29.1 Å². The highest BCUT2D eigenvalue weighted by Crippen LogP contribution is 2.04. The Morgan fingerprint density at radius 3 is 2.06 bits per heavy atom. The minimum Gasteiger partial charge on any atom is -0.480 e. The minimum atomic E-state index is -1.21. The Morgan fingerprint density at radius 2 is 1.55 bits per heavy atom. The third-order valence-electron chi connectivity index (χ3n) is 4.32. The van der Waals surface area contributed by atoms with Crippen LogP contribution in [-0.2, 0) is 24.0 Å². The minimum absolute atomic E-state index is 0.234. The second-order valence-electron chi connectivity index (χ2n) is 7.03. The second-order valence-corrected chi connectivity index (χ2v) is 8.02. The lowest BCUT2D eigenvalue weighted by Gasteiger charge is -2.23. The number of primary amides is 1. The average Bonchev–Trinajstić information content (AvgIpc) is 2.69. The highest BCUT2D eigenvalue weighted by molar-refractivity contribution is 7.98. The molecule has 0 saturated heterocycles. The molecule has 13 heteroatoms. The lowest BCUT2D eigenvalue weighted by molar-refractivity contribution is -0.142. The van der Waals surface area contributed by atoms with Crippen molar-refractivity contribution in [2.45, 2.75) is 63.2 Å². The number of carboxylic acid groups (broad SMARTS) is 1. The van der Waals surface area contributed by atoms with Crippen LogP contribution in [0.3, 0.4) is 0 Å². The van der Waals surface area contributed by atoms with E-state index in [1.807, 2.05) is 6.26 Å². The van der Waals surface area contributed by atoms with Crippen molar-refractivity contribution in [1.29, 1.82) is 0 Å². The van der Waals surface area contributed by atoms with Crippen LogP contribution in [0.2, 0.25) is 0 Å². The molecule has 0 heterocycles. The summed E-state index contributed by atoms with van der Waals surface area (Å²) in [5.74, 6) is -3.43. The molecule has 0 spiro atoms. The van der Waals surface area contributed by atoms with E-state index in [1.54, 1.807) is 0 Å². The number of carboxylic acids is 1. The van der Waals surface area contributed by atoms with E-state index in [-0.39, 0.29) is 19.3 Å². The molecule has 4 atom stereocenters. The van der Waals surface area contributed by atoms with Crippen LogP contribution < -0.4 is 33.2 Å². The molecule has 4 amide bonds. The van der Waals surface area contributed by atoms with Gasteiger partial charge < -0.3 is 38.3 Å². The number of carbonyl (C=O) groups is 5. The quantitative estimate of drug-likeness (QED) is 0.122. The van der Waals surface area contributed by atoms with Crippen LogP contribution in [-0.4, -0.2) is 77.4 Å². The SMILES string of the molecule is CSCCC(NC(=O)C(C)NC(=O)C(CCCCN)NC(=O)C(N)CC(N)=O)C(=O)O. The highest BCUT2D eigenvalue weighted by Gasteiger charge is 2.28. The summed E-state index contributed by atoms with van der Waals surface area (Å²) in [6.45, 7) is 1.80. The summed E-state index contributed by atoms with van der Waals surface area (Å²) in [6.07, 6.45) is 3.04. The molecule has 12 nitrogen and oxygen atoms in total. The van der Waals surface area contributed by atoms with E-state index in [0.717, 1.165) is 0 Å². The van der Waals surface area contributed by atoms with Gasteiger partial charge in [0.15, 0.2) is 0 Å². The zero-order valence-electron chi connectivity index (χ0n) is 17.9. The molecule has 0 aromatic carbocycles. The lowest BCUT2D eigenvalue weighted by Crippen LogP contribution is -2.56. The van der Waals surface area contributed by atoms with Crippen molar-refractivity contribution >= 4 is 41.4 Å². The molecule has 0 aromatic rings. The largest absolute Gasteiger partial charge is 0.480 e. The summed E-state index contributed by atoms with van der Waals surface area (Å²) in [6, 6.07) is -4.35. The molecular formula is C18H34N6O6S. The Labute approximate surface area is 185 Å². The fraction of sp³-hybridized carbons (Fsp3) is 0.722. The van der Waals surface area contributed by atoms with Crippen LogP contribution in [0.4, 0.5) is 0 Å². The Hall–Kier alpha value is -2.38. The van der Waals surface area contributed by atoms with Crippen molar-refractivity contribution in [2.75, 3.05) is 18.6 Å². The van der Waals surface area contributed by atoms with Gasteiger partial charge in [0, 0.05) is 0 Å². The third kappa shape index (κ3) is 12.2. The van der Waals surface area contributed by atoms with Gasteiger partial charge in [0.25, 0.3) is 0 Å². The van der Waals surface area contributed by atoms with E-state index in [0.29, 0.717) is 25.1 Å². The Morgan fingerprint density at radius 1 is 0.935 bits per heavy atom. The number of carbonyl (C=O) groups excluding carboxylic acids is 4. The van der Waals surface area contributed by atoms with Crippen molar-refractivity contribution in [2.24, 2.45) is 17.2 Å². The van der Waals surface area contributed by atoms with Crippen molar-refractivity contribution in [1.82, 2.24) is 16.0 Å². The van der Waals surface area contributed by atoms with Crippen LogP contribution in [0.25, 0.3) is 0 Å². The molecule has 4 unspecified atom stereocenters. The molecule has 0 radical (unpaired) electrons. The van der Waals surface area contributed by atoms with E-state index < -0.39 is 53.8 Å². The number of unbranched alkanes of at least 4 members (excludes halogenated alkanes) is 1. The maximum atomic E-state index is 12.6. The fourth-order valence-electron chi connectivity index (χ4n) is 2.52. The summed E-state index contributed by atoms with van der Waals surface area (Å²) < 4.78 is 0. The van der Waals surface area contributed by atoms with Crippen molar-refractivity contribution < 1.29 is 29.1 Å². The Kier molecular flexibility index (Phi) is 14.2. The molecule has 178 valence electrons. The van der Waals surface area contributed by atoms with Crippen molar-refractivity contribution in [3.8, 4) is 0 Å². The number of thioether (sulfide) groups is 1. The molecule has 0 bridgehead atoms. The summed E-state index contributed by atoms with van der Waals surface area (Å²) >= 11 is 1.45. The average molecular weight is 463 g/mol. The van der Waals surface area contributed by atoms with Crippen LogP contribution in [0, 0.1) is 0 Å². The number of aliphatic carboxylic acids is 1. The molecule has 0 rings (SSSR count). The van der Waals surface area contributed by atoms with Gasteiger partial charge in [-0.2, -0.15) is 11.8 Å². The van der Waals surface area contributed by atoms with Crippen molar-refractivity contribution in [3.05, 3.63) is 0 Å². The Balaban J connectivity index is 5.04. The summed E-state index contributed by atoms with van der Waals surface area (Å²) in [5, 5.41) is 16.5. The first-order valence-electron chi connectivity index (χ1n) is 9.90. The van der Waals surface area contributed by atoms with Gasteiger partial charge in [0.1, 0.15) is 18.1 Å². The van der Waals surface area contributed by atoms with Gasteiger partial charge in [-0.15, -0.1) is 0 Å². The maximum absolute atomic E-state index is 12.6. The third-order valence-corrected chi connectivity index (χ3v) is 4.96. The molecule has 31 heavy (non-hydrogen) atoms. The summed E-state index contributed by atoms with van der Waals surface area (Å²) in [5.41, 5.74) is 16.1. The van der Waals surface area contributed by atoms with Gasteiger partial charge in [-0.05, 0) is 51.2 Å². The second kappa shape index (κ2) is 15.4. The van der Waals surface area contributed by atoms with Crippen LogP contribution in [0.1, 0.15) is 39.0 Å². The van der Waals surface area contributed by atoms with E-state index in [2.05, 4.69) is 16.0 Å². The van der Waals surface area contributed by atoms with Gasteiger partial charge in [-0.25, -0.2) is 4.79 Å². The number of hydrogen-bond donors (Lipinski definition) is 7. The molecule has 0 fully saturated rings. The number of nitrogens with one attached hydrogen (secondary N) is 3. The van der Waals surface area contributed by atoms with Gasteiger partial charge in [0.2, 0.25) is 23.6 Å². The Bertz CT molecular complexity index is 635. The summed E-state index contributed by atoms with van der Waals surface area (Å²) in [7, 11) is 0.